The largest absolute Gasteiger partial charge is 0.354 e. The lowest BCUT2D eigenvalue weighted by atomic mass is 10.2. The summed E-state index contributed by atoms with van der Waals surface area (Å²) in [5.41, 5.74) is 3.74. The summed E-state index contributed by atoms with van der Waals surface area (Å²) in [5, 5.41) is 5.96. The molecule has 3 aromatic rings. The Bertz CT molecular complexity index is 973. The molecule has 6 heteroatoms. The van der Waals surface area contributed by atoms with Gasteiger partial charge in [-0.2, -0.15) is 0 Å². The molecule has 2 aromatic carbocycles. The third-order valence-electron chi connectivity index (χ3n) is 4.07. The number of rotatable bonds is 6. The van der Waals surface area contributed by atoms with Crippen molar-refractivity contribution in [1.82, 2.24) is 9.88 Å². The standard InChI is InChI=1S/C22H22N4O2/c1-16(27)24-19-9-6-10-20(12-19)25-21-11-18(13-23-14-21)22(28)26(2)15-17-7-4-3-5-8-17/h3-14,25H,15H2,1-2H3,(H,24,27). The predicted octanol–water partition coefficient (Wildman–Crippen LogP) is 4.06. The van der Waals surface area contributed by atoms with Crippen LogP contribution in [-0.4, -0.2) is 28.7 Å². The number of carbonyl (C=O) groups is 2. The van der Waals surface area contributed by atoms with E-state index in [1.54, 1.807) is 30.4 Å². The molecule has 28 heavy (non-hydrogen) atoms. The van der Waals surface area contributed by atoms with Crippen molar-refractivity contribution in [2.24, 2.45) is 0 Å². The number of carbonyl (C=O) groups excluding carboxylic acids is 2. The van der Waals surface area contributed by atoms with Crippen molar-refractivity contribution in [3.63, 3.8) is 0 Å². The van der Waals surface area contributed by atoms with E-state index in [9.17, 15) is 9.59 Å². The number of benzene rings is 2. The van der Waals surface area contributed by atoms with Gasteiger partial charge in [0.05, 0.1) is 17.4 Å². The van der Waals surface area contributed by atoms with Crippen LogP contribution in [0.25, 0.3) is 0 Å². The lowest BCUT2D eigenvalue weighted by molar-refractivity contribution is -0.114. The Morgan fingerprint density at radius 1 is 0.929 bits per heavy atom. The Balaban J connectivity index is 1.71. The summed E-state index contributed by atoms with van der Waals surface area (Å²) in [7, 11) is 1.77. The Morgan fingerprint density at radius 2 is 1.68 bits per heavy atom. The fourth-order valence-corrected chi connectivity index (χ4v) is 2.82. The van der Waals surface area contributed by atoms with Crippen LogP contribution in [-0.2, 0) is 11.3 Å². The number of hydrogen-bond donors (Lipinski definition) is 2. The van der Waals surface area contributed by atoms with Gasteiger partial charge < -0.3 is 15.5 Å². The maximum absolute atomic E-state index is 12.7. The molecule has 0 bridgehead atoms. The second-order valence-electron chi connectivity index (χ2n) is 6.50. The van der Waals surface area contributed by atoms with Crippen molar-refractivity contribution in [1.29, 1.82) is 0 Å². The van der Waals surface area contributed by atoms with Crippen LogP contribution in [0.15, 0.2) is 73.1 Å². The minimum Gasteiger partial charge on any atom is -0.354 e. The molecule has 3 rings (SSSR count). The van der Waals surface area contributed by atoms with Crippen LogP contribution >= 0.6 is 0 Å². The van der Waals surface area contributed by atoms with Crippen LogP contribution in [0.5, 0.6) is 0 Å². The van der Waals surface area contributed by atoms with E-state index in [0.717, 1.165) is 11.3 Å². The van der Waals surface area contributed by atoms with E-state index >= 15 is 0 Å². The van der Waals surface area contributed by atoms with Crippen molar-refractivity contribution in [3.8, 4) is 0 Å². The fraction of sp³-hybridized carbons (Fsp3) is 0.136. The quantitative estimate of drug-likeness (QED) is 0.682. The fourth-order valence-electron chi connectivity index (χ4n) is 2.82. The SMILES string of the molecule is CC(=O)Nc1cccc(Nc2cncc(C(=O)N(C)Cc3ccccc3)c2)c1. The highest BCUT2D eigenvalue weighted by Crippen LogP contribution is 2.21. The average Bonchev–Trinajstić information content (AvgIpc) is 2.68. The molecule has 1 aromatic heterocycles. The number of hydrogen-bond acceptors (Lipinski definition) is 4. The molecule has 1 heterocycles. The zero-order valence-corrected chi connectivity index (χ0v) is 15.8. The van der Waals surface area contributed by atoms with Gasteiger partial charge in [-0.25, -0.2) is 0 Å². The molecule has 0 aliphatic carbocycles. The lowest BCUT2D eigenvalue weighted by Gasteiger charge is -2.17. The first-order valence-electron chi connectivity index (χ1n) is 8.90. The average molecular weight is 374 g/mol. The summed E-state index contributed by atoms with van der Waals surface area (Å²) in [6.07, 6.45) is 3.21. The Kier molecular flexibility index (Phi) is 6.01. The number of aromatic nitrogens is 1. The van der Waals surface area contributed by atoms with E-state index in [2.05, 4.69) is 15.6 Å². The molecule has 0 spiro atoms. The molecular weight excluding hydrogens is 352 g/mol. The summed E-state index contributed by atoms with van der Waals surface area (Å²) < 4.78 is 0. The predicted molar refractivity (Wildman–Crippen MR) is 111 cm³/mol. The highest BCUT2D eigenvalue weighted by atomic mass is 16.2. The highest BCUT2D eigenvalue weighted by molar-refractivity contribution is 5.94. The van der Waals surface area contributed by atoms with Crippen LogP contribution in [0, 0.1) is 0 Å². The molecule has 0 atom stereocenters. The van der Waals surface area contributed by atoms with Gasteiger partial charge in [0.2, 0.25) is 5.91 Å². The smallest absolute Gasteiger partial charge is 0.255 e. The van der Waals surface area contributed by atoms with Crippen LogP contribution < -0.4 is 10.6 Å². The van der Waals surface area contributed by atoms with Crippen molar-refractivity contribution < 1.29 is 9.59 Å². The molecular formula is C22H22N4O2. The molecule has 0 aliphatic heterocycles. The van der Waals surface area contributed by atoms with E-state index in [4.69, 9.17) is 0 Å². The third kappa shape index (κ3) is 5.17. The van der Waals surface area contributed by atoms with E-state index in [0.29, 0.717) is 23.5 Å². The van der Waals surface area contributed by atoms with Crippen LogP contribution in [0.2, 0.25) is 0 Å². The van der Waals surface area contributed by atoms with Crippen molar-refractivity contribution in [2.45, 2.75) is 13.5 Å². The number of pyridine rings is 1. The van der Waals surface area contributed by atoms with E-state index in [1.165, 1.54) is 6.92 Å². The topological polar surface area (TPSA) is 74.3 Å². The first kappa shape index (κ1) is 19.1. The Hall–Kier alpha value is -3.67. The zero-order chi connectivity index (χ0) is 19.9. The van der Waals surface area contributed by atoms with Crippen LogP contribution in [0.1, 0.15) is 22.8 Å². The molecule has 6 nitrogen and oxygen atoms in total. The number of nitrogens with zero attached hydrogens (tertiary/aromatic N) is 2. The van der Waals surface area contributed by atoms with Gasteiger partial charge >= 0.3 is 0 Å². The molecule has 0 aliphatic rings. The molecule has 0 fully saturated rings. The molecule has 142 valence electrons. The van der Waals surface area contributed by atoms with Gasteiger partial charge in [0, 0.05) is 38.1 Å². The van der Waals surface area contributed by atoms with E-state index in [1.807, 2.05) is 54.6 Å². The molecule has 0 unspecified atom stereocenters. The van der Waals surface area contributed by atoms with Crippen molar-refractivity contribution >= 4 is 28.9 Å². The second kappa shape index (κ2) is 8.81. The van der Waals surface area contributed by atoms with Crippen molar-refractivity contribution in [2.75, 3.05) is 17.7 Å². The van der Waals surface area contributed by atoms with Gasteiger partial charge in [-0.3, -0.25) is 14.6 Å². The first-order chi connectivity index (χ1) is 13.5. The third-order valence-corrected chi connectivity index (χ3v) is 4.07. The van der Waals surface area contributed by atoms with Gasteiger partial charge in [-0.1, -0.05) is 36.4 Å². The normalized spacial score (nSPS) is 10.2. The van der Waals surface area contributed by atoms with Crippen LogP contribution in [0.4, 0.5) is 17.1 Å². The number of amides is 2. The molecule has 2 N–H and O–H groups in total. The number of anilines is 3. The minimum atomic E-state index is -0.132. The summed E-state index contributed by atoms with van der Waals surface area (Å²) in [5.74, 6) is -0.236. The maximum Gasteiger partial charge on any atom is 0.255 e. The first-order valence-corrected chi connectivity index (χ1v) is 8.90. The second-order valence-corrected chi connectivity index (χ2v) is 6.50. The van der Waals surface area contributed by atoms with Gasteiger partial charge in [0.25, 0.3) is 5.91 Å². The lowest BCUT2D eigenvalue weighted by Crippen LogP contribution is -2.26. The summed E-state index contributed by atoms with van der Waals surface area (Å²) in [6, 6.07) is 18.9. The van der Waals surface area contributed by atoms with E-state index < -0.39 is 0 Å². The van der Waals surface area contributed by atoms with Gasteiger partial charge in [0.1, 0.15) is 0 Å². The maximum atomic E-state index is 12.7. The summed E-state index contributed by atoms with van der Waals surface area (Å²) in [6.45, 7) is 1.99. The molecule has 0 saturated carbocycles. The van der Waals surface area contributed by atoms with Gasteiger partial charge in [0.15, 0.2) is 0 Å². The Labute approximate surface area is 164 Å². The molecule has 0 saturated heterocycles. The Morgan fingerprint density at radius 3 is 2.43 bits per heavy atom. The van der Waals surface area contributed by atoms with Gasteiger partial charge in [-0.15, -0.1) is 0 Å². The number of nitrogens with one attached hydrogen (secondary N) is 2. The monoisotopic (exact) mass is 374 g/mol. The minimum absolute atomic E-state index is 0.105. The van der Waals surface area contributed by atoms with Gasteiger partial charge in [-0.05, 0) is 29.8 Å². The summed E-state index contributed by atoms with van der Waals surface area (Å²) >= 11 is 0. The molecule has 0 radical (unpaired) electrons. The van der Waals surface area contributed by atoms with Crippen LogP contribution in [0.3, 0.4) is 0 Å². The molecule has 2 amide bonds. The zero-order valence-electron chi connectivity index (χ0n) is 15.8. The highest BCUT2D eigenvalue weighted by Gasteiger charge is 2.13. The van der Waals surface area contributed by atoms with E-state index in [-0.39, 0.29) is 11.8 Å². The van der Waals surface area contributed by atoms with Crippen molar-refractivity contribution in [3.05, 3.63) is 84.2 Å². The summed E-state index contributed by atoms with van der Waals surface area (Å²) in [4.78, 5) is 29.8.